The molecule has 0 aliphatic carbocycles. The van der Waals surface area contributed by atoms with E-state index in [4.69, 9.17) is 17.7 Å². The van der Waals surface area contributed by atoms with Gasteiger partial charge in [-0.3, -0.25) is 0 Å². The highest BCUT2D eigenvalue weighted by Crippen LogP contribution is 2.52. The summed E-state index contributed by atoms with van der Waals surface area (Å²) in [6, 6.07) is 100. The number of furan rings is 4. The zero-order chi connectivity index (χ0) is 58.7. The first-order valence-corrected chi connectivity index (χ1v) is 31.9. The number of thiophene rings is 2. The fourth-order valence-corrected chi connectivity index (χ4v) is 16.5. The highest BCUT2D eigenvalue weighted by Gasteiger charge is 2.28. The molecule has 420 valence electrons. The number of para-hydroxylation sites is 4. The third-order valence-corrected chi connectivity index (χ3v) is 20.7. The Morgan fingerprint density at radius 2 is 0.611 bits per heavy atom. The summed E-state index contributed by atoms with van der Waals surface area (Å²) in [5, 5.41) is 15.4. The van der Waals surface area contributed by atoms with Crippen LogP contribution < -0.4 is 9.80 Å². The summed E-state index contributed by atoms with van der Waals surface area (Å²) >= 11 is 3.67. The van der Waals surface area contributed by atoms with Crippen LogP contribution in [0.25, 0.3) is 161 Å². The lowest BCUT2D eigenvalue weighted by Crippen LogP contribution is -2.11. The van der Waals surface area contributed by atoms with Crippen LogP contribution in [0.15, 0.2) is 297 Å². The van der Waals surface area contributed by atoms with Crippen LogP contribution in [0.1, 0.15) is 0 Å². The predicted octanol–water partition coefficient (Wildman–Crippen LogP) is 25.4. The van der Waals surface area contributed by atoms with Crippen molar-refractivity contribution in [2.45, 2.75) is 0 Å². The van der Waals surface area contributed by atoms with Crippen LogP contribution in [-0.4, -0.2) is 0 Å². The van der Waals surface area contributed by atoms with Gasteiger partial charge in [0.1, 0.15) is 33.5 Å². The van der Waals surface area contributed by atoms with Gasteiger partial charge < -0.3 is 27.5 Å². The molecule has 90 heavy (non-hydrogen) atoms. The molecule has 0 fully saturated rings. The molecule has 0 aliphatic rings. The average Bonchev–Trinajstić information content (AvgIpc) is 1.61. The van der Waals surface area contributed by atoms with Crippen molar-refractivity contribution in [2.24, 2.45) is 0 Å². The normalized spacial score (nSPS) is 12.2. The standard InChI is InChI=1S/C82H46N2O4S2/c1-3-17-47(18-4-1)61-45-79-65(57-23-9-13-31-77(57)89-79)43-69(61)83(67-27-15-25-59-53-21-7-11-29-71(53)87-81(59)67)51-33-35-55-63-37-49-40-74-64(38-50(49)39-73(63)85-75(55)41-51)56-36-34-52(42-76(56)86-74)84(68-28-16-26-60-54-22-8-12-30-72(54)88-82(60)68)70-44-66-58-24-10-14-32-78(58)90-80(66)46-62(70)48-19-5-2-6-20-48/h1-46H. The molecule has 14 aromatic carbocycles. The number of nitrogens with zero attached hydrogens (tertiary/aromatic N) is 2. The maximum atomic E-state index is 7.05. The van der Waals surface area contributed by atoms with Gasteiger partial charge in [-0.05, 0) is 131 Å². The second-order valence-corrected chi connectivity index (χ2v) is 25.6. The molecule has 0 unspecified atom stereocenters. The molecule has 0 radical (unpaired) electrons. The van der Waals surface area contributed by atoms with Gasteiger partial charge in [0.25, 0.3) is 0 Å². The summed E-state index contributed by atoms with van der Waals surface area (Å²) < 4.78 is 32.8. The highest BCUT2D eigenvalue weighted by atomic mass is 32.1. The van der Waals surface area contributed by atoms with Gasteiger partial charge >= 0.3 is 0 Å². The molecule has 20 aromatic rings. The number of anilines is 6. The van der Waals surface area contributed by atoms with E-state index in [0.29, 0.717) is 0 Å². The average molecular weight is 1190 g/mol. The molecular formula is C82H46N2O4S2. The number of rotatable bonds is 8. The van der Waals surface area contributed by atoms with E-state index in [9.17, 15) is 0 Å². The minimum Gasteiger partial charge on any atom is -0.456 e. The van der Waals surface area contributed by atoms with Crippen molar-refractivity contribution in [2.75, 3.05) is 9.80 Å². The van der Waals surface area contributed by atoms with E-state index in [1.807, 2.05) is 34.8 Å². The summed E-state index contributed by atoms with van der Waals surface area (Å²) in [5.74, 6) is 0. The summed E-state index contributed by atoms with van der Waals surface area (Å²) in [7, 11) is 0. The Labute approximate surface area is 521 Å². The van der Waals surface area contributed by atoms with Crippen LogP contribution in [-0.2, 0) is 0 Å². The number of hydrogen-bond donors (Lipinski definition) is 0. The lowest BCUT2D eigenvalue weighted by Gasteiger charge is -2.28. The Hall–Kier alpha value is -11.4. The first-order chi connectivity index (χ1) is 44.6. The van der Waals surface area contributed by atoms with Crippen molar-refractivity contribution in [3.63, 3.8) is 0 Å². The second-order valence-electron chi connectivity index (χ2n) is 23.4. The van der Waals surface area contributed by atoms with Crippen LogP contribution in [0.5, 0.6) is 0 Å². The van der Waals surface area contributed by atoms with E-state index in [-0.39, 0.29) is 0 Å². The Morgan fingerprint density at radius 3 is 1.08 bits per heavy atom. The first kappa shape index (κ1) is 49.7. The predicted molar refractivity (Wildman–Crippen MR) is 379 cm³/mol. The van der Waals surface area contributed by atoms with E-state index >= 15 is 0 Å². The van der Waals surface area contributed by atoms with E-state index in [2.05, 4.69) is 277 Å². The van der Waals surface area contributed by atoms with Gasteiger partial charge in [-0.2, -0.15) is 0 Å². The van der Waals surface area contributed by atoms with E-state index in [0.717, 1.165) is 155 Å². The van der Waals surface area contributed by atoms with Crippen LogP contribution in [0.2, 0.25) is 0 Å². The molecule has 0 atom stereocenters. The fraction of sp³-hybridized carbons (Fsp3) is 0. The molecule has 0 spiro atoms. The SMILES string of the molecule is c1ccc(-c2cc3sc4ccccc4c3cc2N(c2ccc3c(c2)oc2cc4cc5c(cc4cc23)oc2cc(N(c3cc4c(cc3-c3ccccc3)sc3ccccc34)c3cccc4c3oc3ccccc34)ccc25)c2cccc3c2oc2ccccc23)cc1. The van der Waals surface area contributed by atoms with Gasteiger partial charge in [0.15, 0.2) is 11.2 Å². The second kappa shape index (κ2) is 19.0. The molecule has 0 aliphatic heterocycles. The maximum Gasteiger partial charge on any atom is 0.159 e. The van der Waals surface area contributed by atoms with Gasteiger partial charge in [0, 0.05) is 107 Å². The fourth-order valence-electron chi connectivity index (χ4n) is 14.3. The smallest absolute Gasteiger partial charge is 0.159 e. The Kier molecular flexibility index (Phi) is 10.5. The van der Waals surface area contributed by atoms with Gasteiger partial charge in [-0.25, -0.2) is 0 Å². The molecule has 0 N–H and O–H groups in total. The summed E-state index contributed by atoms with van der Waals surface area (Å²) in [5.41, 5.74) is 16.8. The molecule has 6 aromatic heterocycles. The molecule has 0 saturated heterocycles. The Morgan fingerprint density at radius 1 is 0.222 bits per heavy atom. The van der Waals surface area contributed by atoms with Crippen LogP contribution in [0, 0.1) is 0 Å². The number of fused-ring (bicyclic) bond motifs is 19. The lowest BCUT2D eigenvalue weighted by atomic mass is 9.99. The van der Waals surface area contributed by atoms with E-state index < -0.39 is 0 Å². The van der Waals surface area contributed by atoms with Crippen molar-refractivity contribution in [3.8, 4) is 22.3 Å². The molecule has 0 bridgehead atoms. The van der Waals surface area contributed by atoms with Gasteiger partial charge in [-0.1, -0.05) is 158 Å². The third kappa shape index (κ3) is 7.43. The third-order valence-electron chi connectivity index (χ3n) is 18.4. The van der Waals surface area contributed by atoms with Crippen molar-refractivity contribution in [1.82, 2.24) is 0 Å². The number of benzene rings is 14. The molecule has 0 saturated carbocycles. The quantitative estimate of drug-likeness (QED) is 0.151. The molecule has 20 rings (SSSR count). The van der Waals surface area contributed by atoms with Crippen LogP contribution >= 0.6 is 22.7 Å². The minimum atomic E-state index is 0.786. The zero-order valence-corrected chi connectivity index (χ0v) is 49.5. The monoisotopic (exact) mass is 1190 g/mol. The number of hydrogen-bond acceptors (Lipinski definition) is 8. The summed E-state index contributed by atoms with van der Waals surface area (Å²) in [4.78, 5) is 4.74. The summed E-state index contributed by atoms with van der Waals surface area (Å²) in [6.07, 6.45) is 0. The zero-order valence-electron chi connectivity index (χ0n) is 47.9. The molecule has 8 heteroatoms. The van der Waals surface area contributed by atoms with Gasteiger partial charge in [0.05, 0.1) is 34.1 Å². The highest BCUT2D eigenvalue weighted by molar-refractivity contribution is 7.26. The molecule has 6 nitrogen and oxygen atoms in total. The van der Waals surface area contributed by atoms with Gasteiger partial charge in [-0.15, -0.1) is 22.7 Å². The minimum absolute atomic E-state index is 0.786. The lowest BCUT2D eigenvalue weighted by molar-refractivity contribution is 0.667. The first-order valence-electron chi connectivity index (χ1n) is 30.3. The van der Waals surface area contributed by atoms with Crippen molar-refractivity contribution in [1.29, 1.82) is 0 Å². The maximum absolute atomic E-state index is 7.05. The molecule has 6 heterocycles. The summed E-state index contributed by atoms with van der Waals surface area (Å²) in [6.45, 7) is 0. The topological polar surface area (TPSA) is 59.0 Å². The van der Waals surface area contributed by atoms with Crippen molar-refractivity contribution < 1.29 is 17.7 Å². The van der Waals surface area contributed by atoms with E-state index in [1.54, 1.807) is 0 Å². The molecular weight excluding hydrogens is 1140 g/mol. The largest absolute Gasteiger partial charge is 0.456 e. The van der Waals surface area contributed by atoms with Crippen molar-refractivity contribution in [3.05, 3.63) is 279 Å². The van der Waals surface area contributed by atoms with E-state index in [1.165, 1.54) is 40.3 Å². The Bertz CT molecular complexity index is 5990. The van der Waals surface area contributed by atoms with Gasteiger partial charge in [0.2, 0.25) is 0 Å². The molecule has 0 amide bonds. The van der Waals surface area contributed by atoms with Crippen molar-refractivity contribution >= 4 is 196 Å². The Balaban J connectivity index is 0.754. The van der Waals surface area contributed by atoms with Crippen LogP contribution in [0.3, 0.4) is 0 Å². The van der Waals surface area contributed by atoms with Crippen LogP contribution in [0.4, 0.5) is 34.1 Å².